The minimum Gasteiger partial charge on any atom is -0.462 e. The molecule has 0 aliphatic heterocycles. The third-order valence-corrected chi connectivity index (χ3v) is 15.7. The second kappa shape index (κ2) is 69.3. The molecule has 6 nitrogen and oxygen atoms in total. The minimum absolute atomic E-state index is 0.0849. The molecule has 0 rings (SSSR count). The summed E-state index contributed by atoms with van der Waals surface area (Å²) in [6.07, 6.45) is 90.9. The lowest BCUT2D eigenvalue weighted by Gasteiger charge is -2.18. The van der Waals surface area contributed by atoms with Crippen LogP contribution >= 0.6 is 0 Å². The Labute approximate surface area is 503 Å². The van der Waals surface area contributed by atoms with Crippen LogP contribution < -0.4 is 0 Å². The van der Waals surface area contributed by atoms with Crippen LogP contribution in [0.4, 0.5) is 0 Å². The van der Waals surface area contributed by atoms with E-state index in [1.165, 1.54) is 225 Å². The van der Waals surface area contributed by atoms with E-state index >= 15 is 0 Å². The van der Waals surface area contributed by atoms with Gasteiger partial charge in [-0.15, -0.1) is 0 Å². The monoisotopic (exact) mass is 1130 g/mol. The second-order valence-corrected chi connectivity index (χ2v) is 23.8. The fourth-order valence-electron chi connectivity index (χ4n) is 10.4. The van der Waals surface area contributed by atoms with Crippen molar-refractivity contribution in [2.24, 2.45) is 0 Å². The van der Waals surface area contributed by atoms with Crippen molar-refractivity contribution in [1.82, 2.24) is 0 Å². The highest BCUT2D eigenvalue weighted by Gasteiger charge is 2.19. The van der Waals surface area contributed by atoms with Gasteiger partial charge in [0.15, 0.2) is 6.10 Å². The van der Waals surface area contributed by atoms with Crippen LogP contribution in [0, 0.1) is 0 Å². The SMILES string of the molecule is CC/C=C\C/C=C\C/C=C\CCCCCC(=O)OCC(COC(=O)CCCCCCCCCCCCCCCCCCCCCCCCCCCCC)OC(=O)CCCCCCCCCC/C=C\C/C=C\C/C=C\CCCCCCC. The molecule has 0 heterocycles. The van der Waals surface area contributed by atoms with E-state index in [9.17, 15) is 14.4 Å². The van der Waals surface area contributed by atoms with Crippen molar-refractivity contribution in [1.29, 1.82) is 0 Å². The Bertz CT molecular complexity index is 1490. The van der Waals surface area contributed by atoms with E-state index in [1.54, 1.807) is 0 Å². The zero-order valence-electron chi connectivity index (χ0n) is 54.1. The van der Waals surface area contributed by atoms with E-state index < -0.39 is 6.10 Å². The molecule has 0 fully saturated rings. The lowest BCUT2D eigenvalue weighted by molar-refractivity contribution is -0.167. The highest BCUT2D eigenvalue weighted by molar-refractivity contribution is 5.71. The van der Waals surface area contributed by atoms with Crippen molar-refractivity contribution in [2.45, 2.75) is 374 Å². The van der Waals surface area contributed by atoms with E-state index in [-0.39, 0.29) is 31.1 Å². The number of allylic oxidation sites excluding steroid dienone is 12. The number of hydrogen-bond donors (Lipinski definition) is 0. The molecule has 0 aliphatic rings. The van der Waals surface area contributed by atoms with E-state index in [4.69, 9.17) is 14.2 Å². The van der Waals surface area contributed by atoms with Crippen LogP contribution in [0.1, 0.15) is 367 Å². The number of esters is 3. The van der Waals surface area contributed by atoms with Gasteiger partial charge in [-0.1, -0.05) is 331 Å². The van der Waals surface area contributed by atoms with Gasteiger partial charge in [-0.3, -0.25) is 14.4 Å². The maximum atomic E-state index is 12.9. The van der Waals surface area contributed by atoms with Crippen molar-refractivity contribution in [3.8, 4) is 0 Å². The van der Waals surface area contributed by atoms with Crippen LogP contribution in [0.15, 0.2) is 72.9 Å². The van der Waals surface area contributed by atoms with Gasteiger partial charge in [-0.2, -0.15) is 0 Å². The number of carbonyl (C=O) groups is 3. The summed E-state index contributed by atoms with van der Waals surface area (Å²) in [6, 6.07) is 0. The molecule has 0 saturated carbocycles. The smallest absolute Gasteiger partial charge is 0.306 e. The third-order valence-electron chi connectivity index (χ3n) is 15.7. The second-order valence-electron chi connectivity index (χ2n) is 23.8. The lowest BCUT2D eigenvalue weighted by atomic mass is 10.0. The molecule has 6 heteroatoms. The summed E-state index contributed by atoms with van der Waals surface area (Å²) in [5.41, 5.74) is 0. The summed E-state index contributed by atoms with van der Waals surface area (Å²) >= 11 is 0. The van der Waals surface area contributed by atoms with Gasteiger partial charge in [0.05, 0.1) is 0 Å². The van der Waals surface area contributed by atoms with Gasteiger partial charge in [0.1, 0.15) is 13.2 Å². The first kappa shape index (κ1) is 77.9. The van der Waals surface area contributed by atoms with Crippen LogP contribution in [0.5, 0.6) is 0 Å². The average Bonchev–Trinajstić information content (AvgIpc) is 3.46. The molecule has 81 heavy (non-hydrogen) atoms. The fourth-order valence-corrected chi connectivity index (χ4v) is 10.4. The van der Waals surface area contributed by atoms with Gasteiger partial charge >= 0.3 is 17.9 Å². The molecule has 0 aromatic heterocycles. The van der Waals surface area contributed by atoms with Gasteiger partial charge in [0.25, 0.3) is 0 Å². The molecule has 470 valence electrons. The Morgan fingerprint density at radius 2 is 0.481 bits per heavy atom. The molecule has 0 bridgehead atoms. The first-order valence-electron chi connectivity index (χ1n) is 35.4. The average molecular weight is 1130 g/mol. The van der Waals surface area contributed by atoms with Crippen LogP contribution in [0.3, 0.4) is 0 Å². The summed E-state index contributed by atoms with van der Waals surface area (Å²) in [5.74, 6) is -0.904. The maximum absolute atomic E-state index is 12.9. The summed E-state index contributed by atoms with van der Waals surface area (Å²) in [7, 11) is 0. The van der Waals surface area contributed by atoms with Gasteiger partial charge in [-0.05, 0) is 89.9 Å². The number of carbonyl (C=O) groups excluding carboxylic acids is 3. The Kier molecular flexibility index (Phi) is 66.6. The van der Waals surface area contributed by atoms with E-state index in [2.05, 4.69) is 93.7 Å². The normalized spacial score (nSPS) is 12.5. The zero-order valence-corrected chi connectivity index (χ0v) is 54.1. The largest absolute Gasteiger partial charge is 0.462 e. The van der Waals surface area contributed by atoms with Crippen molar-refractivity contribution in [3.05, 3.63) is 72.9 Å². The summed E-state index contributed by atoms with van der Waals surface area (Å²) in [4.78, 5) is 38.4. The number of ether oxygens (including phenoxy) is 3. The van der Waals surface area contributed by atoms with Crippen molar-refractivity contribution in [3.63, 3.8) is 0 Å². The van der Waals surface area contributed by atoms with E-state index in [1.807, 2.05) is 0 Å². The Hall–Kier alpha value is -3.15. The first-order valence-corrected chi connectivity index (χ1v) is 35.4. The standard InChI is InChI=1S/C75H134O6/c1-4-7-10-13-16-19-22-25-27-29-31-33-35-36-37-38-40-41-43-45-47-50-53-56-59-62-65-68-74(77)80-71-72(70-79-73(76)67-64-61-58-55-52-49-24-21-18-15-12-9-6-3)81-75(78)69-66-63-60-57-54-51-48-46-44-42-39-34-32-30-28-26-23-20-17-14-11-8-5-2/h9,12,18,21,23,26,30,32,39,42,49,52,72H,4-8,10-11,13-17,19-20,22,24-25,27-29,31,33-38,40-41,43-48,50-51,53-71H2,1-3H3/b12-9-,21-18-,26-23-,32-30-,42-39-,52-49-. The highest BCUT2D eigenvalue weighted by atomic mass is 16.6. The van der Waals surface area contributed by atoms with E-state index in [0.29, 0.717) is 19.3 Å². The lowest BCUT2D eigenvalue weighted by Crippen LogP contribution is -2.30. The highest BCUT2D eigenvalue weighted by Crippen LogP contribution is 2.18. The molecule has 0 amide bonds. The molecule has 0 aromatic carbocycles. The number of rotatable bonds is 65. The fraction of sp³-hybridized carbons (Fsp3) is 0.800. The zero-order chi connectivity index (χ0) is 58.5. The number of hydrogen-bond acceptors (Lipinski definition) is 6. The Balaban J connectivity index is 4.26. The first-order chi connectivity index (χ1) is 40.0. The molecule has 0 N–H and O–H groups in total. The maximum Gasteiger partial charge on any atom is 0.306 e. The van der Waals surface area contributed by atoms with Crippen LogP contribution in [-0.2, 0) is 28.6 Å². The molecule has 1 atom stereocenters. The molecule has 0 saturated heterocycles. The van der Waals surface area contributed by atoms with Gasteiger partial charge in [0.2, 0.25) is 0 Å². The van der Waals surface area contributed by atoms with Crippen LogP contribution in [0.2, 0.25) is 0 Å². The van der Waals surface area contributed by atoms with Gasteiger partial charge in [0, 0.05) is 19.3 Å². The van der Waals surface area contributed by atoms with Crippen molar-refractivity contribution >= 4 is 17.9 Å². The summed E-state index contributed by atoms with van der Waals surface area (Å²) in [6.45, 7) is 6.54. The molecule has 0 aromatic rings. The van der Waals surface area contributed by atoms with Crippen LogP contribution in [-0.4, -0.2) is 37.2 Å². The van der Waals surface area contributed by atoms with Crippen molar-refractivity contribution < 1.29 is 28.6 Å². The van der Waals surface area contributed by atoms with Crippen LogP contribution in [0.25, 0.3) is 0 Å². The van der Waals surface area contributed by atoms with Gasteiger partial charge in [-0.25, -0.2) is 0 Å². The Morgan fingerprint density at radius 1 is 0.259 bits per heavy atom. The molecule has 0 radical (unpaired) electrons. The quantitative estimate of drug-likeness (QED) is 0.0261. The minimum atomic E-state index is -0.792. The summed E-state index contributed by atoms with van der Waals surface area (Å²) in [5, 5.41) is 0. The molecular formula is C75H134O6. The summed E-state index contributed by atoms with van der Waals surface area (Å²) < 4.78 is 16.9. The van der Waals surface area contributed by atoms with Gasteiger partial charge < -0.3 is 14.2 Å². The third kappa shape index (κ3) is 67.5. The predicted molar refractivity (Wildman–Crippen MR) is 353 cm³/mol. The van der Waals surface area contributed by atoms with E-state index in [0.717, 1.165) is 103 Å². The number of unbranched alkanes of at least 4 members (excludes halogenated alkanes) is 42. The van der Waals surface area contributed by atoms with Crippen molar-refractivity contribution in [2.75, 3.05) is 13.2 Å². The molecular weight excluding hydrogens is 997 g/mol. The molecule has 0 aliphatic carbocycles. The molecule has 0 spiro atoms. The topological polar surface area (TPSA) is 78.9 Å². The Morgan fingerprint density at radius 3 is 0.765 bits per heavy atom. The predicted octanol–water partition coefficient (Wildman–Crippen LogP) is 24.4. The molecule has 1 unspecified atom stereocenters.